The second-order valence-electron chi connectivity index (χ2n) is 6.56. The van der Waals surface area contributed by atoms with Gasteiger partial charge in [-0.25, -0.2) is 14.0 Å². The first-order valence-electron chi connectivity index (χ1n) is 8.80. The highest BCUT2D eigenvalue weighted by atomic mass is 19.1. The molecule has 0 radical (unpaired) electrons. The van der Waals surface area contributed by atoms with Gasteiger partial charge in [0.25, 0.3) is 0 Å². The number of carboxylic acid groups (broad SMARTS) is 1. The maximum absolute atomic E-state index is 14.3. The van der Waals surface area contributed by atoms with Crippen LogP contribution in [-0.2, 0) is 9.53 Å². The standard InChI is InChI=1S/C19H22FNO5/c1-2-25-18(22)8-4-12-3-7-17(16(20)9-12)26-15-10-13-5-6-14(11-15)21(13)19(23)24/h3-4,7-9,13-15H,2,5-6,10-11H2,1H3,(H,23,24)/b8-4+/t13-,14+,15+. The summed E-state index contributed by atoms with van der Waals surface area (Å²) >= 11 is 0. The van der Waals surface area contributed by atoms with Gasteiger partial charge in [0.05, 0.1) is 6.61 Å². The van der Waals surface area contributed by atoms with Crippen molar-refractivity contribution in [3.63, 3.8) is 0 Å². The van der Waals surface area contributed by atoms with Gasteiger partial charge < -0.3 is 19.5 Å². The van der Waals surface area contributed by atoms with Gasteiger partial charge in [0.15, 0.2) is 11.6 Å². The molecule has 0 unspecified atom stereocenters. The highest BCUT2D eigenvalue weighted by Gasteiger charge is 2.44. The van der Waals surface area contributed by atoms with E-state index in [0.29, 0.717) is 18.4 Å². The minimum absolute atomic E-state index is 0.0499. The summed E-state index contributed by atoms with van der Waals surface area (Å²) in [5.74, 6) is -0.843. The van der Waals surface area contributed by atoms with Crippen molar-refractivity contribution in [1.29, 1.82) is 0 Å². The molecule has 0 saturated carbocycles. The van der Waals surface area contributed by atoms with E-state index in [4.69, 9.17) is 9.47 Å². The van der Waals surface area contributed by atoms with Crippen LogP contribution in [0.15, 0.2) is 24.3 Å². The van der Waals surface area contributed by atoms with Crippen molar-refractivity contribution in [3.05, 3.63) is 35.7 Å². The number of hydrogen-bond acceptors (Lipinski definition) is 4. The van der Waals surface area contributed by atoms with Gasteiger partial charge in [-0.1, -0.05) is 6.07 Å². The van der Waals surface area contributed by atoms with Crippen molar-refractivity contribution in [1.82, 2.24) is 4.90 Å². The number of ether oxygens (including phenoxy) is 2. The normalized spacial score (nSPS) is 24.7. The smallest absolute Gasteiger partial charge is 0.407 e. The molecule has 2 bridgehead atoms. The van der Waals surface area contributed by atoms with Crippen LogP contribution in [0.1, 0.15) is 38.2 Å². The Kier molecular flexibility index (Phi) is 5.44. The number of rotatable bonds is 5. The molecule has 7 heteroatoms. The zero-order valence-electron chi connectivity index (χ0n) is 14.6. The number of benzene rings is 1. The van der Waals surface area contributed by atoms with E-state index in [1.165, 1.54) is 29.2 Å². The molecule has 3 rings (SSSR count). The van der Waals surface area contributed by atoms with Crippen molar-refractivity contribution in [3.8, 4) is 5.75 Å². The number of halogens is 1. The van der Waals surface area contributed by atoms with E-state index in [1.54, 1.807) is 13.0 Å². The Morgan fingerprint density at radius 2 is 2.00 bits per heavy atom. The molecular formula is C19H22FNO5. The Balaban J connectivity index is 1.63. The Morgan fingerprint density at radius 1 is 1.31 bits per heavy atom. The molecule has 1 aromatic rings. The average Bonchev–Trinajstić information content (AvgIpc) is 2.87. The summed E-state index contributed by atoms with van der Waals surface area (Å²) in [6, 6.07) is 4.39. The molecule has 0 aromatic heterocycles. The molecule has 2 aliphatic rings. The first-order valence-corrected chi connectivity index (χ1v) is 8.80. The van der Waals surface area contributed by atoms with Crippen LogP contribution in [0.3, 0.4) is 0 Å². The third-order valence-electron chi connectivity index (χ3n) is 4.86. The number of carbonyl (C=O) groups excluding carboxylic acids is 1. The van der Waals surface area contributed by atoms with Crippen LogP contribution in [0, 0.1) is 5.82 Å². The van der Waals surface area contributed by atoms with Crippen molar-refractivity contribution >= 4 is 18.1 Å². The predicted octanol–water partition coefficient (Wildman–Crippen LogP) is 3.45. The summed E-state index contributed by atoms with van der Waals surface area (Å²) in [6.07, 6.45) is 4.46. The van der Waals surface area contributed by atoms with E-state index in [9.17, 15) is 19.1 Å². The van der Waals surface area contributed by atoms with E-state index < -0.39 is 17.9 Å². The molecule has 2 fully saturated rings. The first kappa shape index (κ1) is 18.2. The number of hydrogen-bond donors (Lipinski definition) is 1. The lowest BCUT2D eigenvalue weighted by Crippen LogP contribution is -2.48. The van der Waals surface area contributed by atoms with Crippen LogP contribution < -0.4 is 4.74 Å². The van der Waals surface area contributed by atoms with Crippen LogP contribution in [0.2, 0.25) is 0 Å². The summed E-state index contributed by atoms with van der Waals surface area (Å²) in [6.45, 7) is 2.00. The van der Waals surface area contributed by atoms with Crippen LogP contribution in [0.4, 0.5) is 9.18 Å². The van der Waals surface area contributed by atoms with Gasteiger partial charge in [-0.05, 0) is 43.5 Å². The molecule has 2 heterocycles. The second kappa shape index (κ2) is 7.76. The second-order valence-corrected chi connectivity index (χ2v) is 6.56. The van der Waals surface area contributed by atoms with Gasteiger partial charge in [-0.15, -0.1) is 0 Å². The molecule has 6 nitrogen and oxygen atoms in total. The molecule has 26 heavy (non-hydrogen) atoms. The Hall–Kier alpha value is -2.57. The summed E-state index contributed by atoms with van der Waals surface area (Å²) in [5.41, 5.74) is 0.531. The molecule has 1 amide bonds. The van der Waals surface area contributed by atoms with E-state index >= 15 is 0 Å². The summed E-state index contributed by atoms with van der Waals surface area (Å²) < 4.78 is 24.9. The van der Waals surface area contributed by atoms with E-state index in [-0.39, 0.29) is 30.5 Å². The highest BCUT2D eigenvalue weighted by molar-refractivity contribution is 5.87. The highest BCUT2D eigenvalue weighted by Crippen LogP contribution is 2.37. The Bertz CT molecular complexity index is 706. The zero-order chi connectivity index (χ0) is 18.7. The van der Waals surface area contributed by atoms with E-state index in [2.05, 4.69) is 0 Å². The SMILES string of the molecule is CCOC(=O)/C=C/c1ccc(O[C@H]2C[C@H]3CC[C@@H](C2)N3C(=O)O)c(F)c1. The molecular weight excluding hydrogens is 341 g/mol. The maximum atomic E-state index is 14.3. The van der Waals surface area contributed by atoms with E-state index in [1.807, 2.05) is 0 Å². The fourth-order valence-electron chi connectivity index (χ4n) is 3.79. The fraction of sp³-hybridized carbons (Fsp3) is 0.474. The predicted molar refractivity (Wildman–Crippen MR) is 92.4 cm³/mol. The number of carbonyl (C=O) groups is 2. The maximum Gasteiger partial charge on any atom is 0.407 e. The molecule has 2 aliphatic heterocycles. The quantitative estimate of drug-likeness (QED) is 0.640. The molecule has 1 aromatic carbocycles. The molecule has 2 saturated heterocycles. The number of piperidine rings is 1. The van der Waals surface area contributed by atoms with Crippen LogP contribution in [0.25, 0.3) is 6.08 Å². The van der Waals surface area contributed by atoms with Crippen molar-refractivity contribution < 1.29 is 28.6 Å². The number of amides is 1. The summed E-state index contributed by atoms with van der Waals surface area (Å²) in [7, 11) is 0. The van der Waals surface area contributed by atoms with Crippen LogP contribution >= 0.6 is 0 Å². The third-order valence-corrected chi connectivity index (χ3v) is 4.86. The molecule has 1 N–H and O–H groups in total. The monoisotopic (exact) mass is 363 g/mol. The number of esters is 1. The lowest BCUT2D eigenvalue weighted by atomic mass is 10.00. The summed E-state index contributed by atoms with van der Waals surface area (Å²) in [4.78, 5) is 24.1. The Labute approximate surface area is 151 Å². The van der Waals surface area contributed by atoms with Gasteiger partial charge in [0.1, 0.15) is 6.10 Å². The molecule has 140 valence electrons. The lowest BCUT2D eigenvalue weighted by molar-refractivity contribution is -0.137. The molecule has 3 atom stereocenters. The fourth-order valence-corrected chi connectivity index (χ4v) is 3.79. The third kappa shape index (κ3) is 3.98. The number of nitrogens with zero attached hydrogens (tertiary/aromatic N) is 1. The van der Waals surface area contributed by atoms with Crippen molar-refractivity contribution in [2.24, 2.45) is 0 Å². The van der Waals surface area contributed by atoms with Crippen molar-refractivity contribution in [2.45, 2.75) is 50.8 Å². The first-order chi connectivity index (χ1) is 12.5. The van der Waals surface area contributed by atoms with Crippen LogP contribution in [-0.4, -0.2) is 46.9 Å². The van der Waals surface area contributed by atoms with Gasteiger partial charge in [-0.3, -0.25) is 0 Å². The van der Waals surface area contributed by atoms with E-state index in [0.717, 1.165) is 12.8 Å². The Morgan fingerprint density at radius 3 is 2.58 bits per heavy atom. The summed E-state index contributed by atoms with van der Waals surface area (Å²) in [5, 5.41) is 9.28. The van der Waals surface area contributed by atoms with Gasteiger partial charge in [-0.2, -0.15) is 0 Å². The van der Waals surface area contributed by atoms with Gasteiger partial charge in [0.2, 0.25) is 0 Å². The minimum atomic E-state index is -0.889. The molecule has 0 aliphatic carbocycles. The largest absolute Gasteiger partial charge is 0.487 e. The lowest BCUT2D eigenvalue weighted by Gasteiger charge is -2.37. The molecule has 0 spiro atoms. The number of fused-ring (bicyclic) bond motifs is 2. The van der Waals surface area contributed by atoms with Crippen molar-refractivity contribution in [2.75, 3.05) is 6.61 Å². The zero-order valence-corrected chi connectivity index (χ0v) is 14.6. The van der Waals surface area contributed by atoms with Gasteiger partial charge in [0, 0.05) is 31.0 Å². The minimum Gasteiger partial charge on any atom is -0.487 e. The van der Waals surface area contributed by atoms with Crippen LogP contribution in [0.5, 0.6) is 5.75 Å². The van der Waals surface area contributed by atoms with Gasteiger partial charge >= 0.3 is 12.1 Å². The average molecular weight is 363 g/mol. The topological polar surface area (TPSA) is 76.1 Å².